The van der Waals surface area contributed by atoms with Crippen LogP contribution in [-0.2, 0) is 33.5 Å². The van der Waals surface area contributed by atoms with Crippen LogP contribution in [0.5, 0.6) is 0 Å². The van der Waals surface area contributed by atoms with Crippen molar-refractivity contribution in [2.24, 2.45) is 0 Å². The van der Waals surface area contributed by atoms with Crippen molar-refractivity contribution in [3.05, 3.63) is 107 Å². The lowest BCUT2D eigenvalue weighted by Crippen LogP contribution is -2.51. The number of carbonyl (C=O) groups is 2. The van der Waals surface area contributed by atoms with E-state index in [1.165, 1.54) is 34.1 Å². The summed E-state index contributed by atoms with van der Waals surface area (Å²) in [5.74, 6) is -0.803. The van der Waals surface area contributed by atoms with Crippen molar-refractivity contribution >= 4 is 23.6 Å². The van der Waals surface area contributed by atoms with Gasteiger partial charge in [0.2, 0.25) is 11.8 Å². The van der Waals surface area contributed by atoms with Crippen molar-refractivity contribution in [1.82, 2.24) is 9.80 Å². The molecule has 1 saturated heterocycles. The normalized spacial score (nSPS) is 14.5. The predicted molar refractivity (Wildman–Crippen MR) is 159 cm³/mol. The Morgan fingerprint density at radius 3 is 2.21 bits per heavy atom. The summed E-state index contributed by atoms with van der Waals surface area (Å²) >= 11 is 0. The van der Waals surface area contributed by atoms with Crippen LogP contribution >= 0.6 is 0 Å². The van der Waals surface area contributed by atoms with E-state index in [2.05, 4.69) is 4.90 Å². The minimum Gasteiger partial charge on any atom is -0.395 e. The Balaban J connectivity index is 1.65. The minimum atomic E-state index is -4.46. The number of nitrogens with zero attached hydrogens (tertiary/aromatic N) is 3. The highest BCUT2D eigenvalue weighted by Crippen LogP contribution is 2.29. The highest BCUT2D eigenvalue weighted by atomic mass is 19.4. The van der Waals surface area contributed by atoms with Gasteiger partial charge in [-0.2, -0.15) is 13.2 Å². The highest BCUT2D eigenvalue weighted by Gasteiger charge is 2.32. The number of hydrogen-bond acceptors (Lipinski definition) is 5. The maximum absolute atomic E-state index is 13.8. The summed E-state index contributed by atoms with van der Waals surface area (Å²) in [6.45, 7) is 2.86. The molecule has 0 saturated carbocycles. The first-order chi connectivity index (χ1) is 20.7. The van der Waals surface area contributed by atoms with Crippen LogP contribution in [-0.4, -0.2) is 79.3 Å². The van der Waals surface area contributed by atoms with Crippen LogP contribution in [0.3, 0.4) is 0 Å². The van der Waals surface area contributed by atoms with Crippen LogP contribution in [0.2, 0.25) is 0 Å². The number of carbonyl (C=O) groups excluding carboxylic acids is 2. The molecule has 0 aromatic heterocycles. The van der Waals surface area contributed by atoms with Crippen LogP contribution in [0.4, 0.5) is 18.9 Å². The van der Waals surface area contributed by atoms with Gasteiger partial charge < -0.3 is 24.5 Å². The van der Waals surface area contributed by atoms with E-state index in [1.807, 2.05) is 54.6 Å². The van der Waals surface area contributed by atoms with Gasteiger partial charge in [0.15, 0.2) is 0 Å². The van der Waals surface area contributed by atoms with Gasteiger partial charge in [0, 0.05) is 51.4 Å². The summed E-state index contributed by atoms with van der Waals surface area (Å²) in [6.07, 6.45) is -1.50. The second-order valence-electron chi connectivity index (χ2n) is 10.4. The summed E-state index contributed by atoms with van der Waals surface area (Å²) in [7, 11) is 1.58. The van der Waals surface area contributed by atoms with Gasteiger partial charge in [-0.25, -0.2) is 0 Å². The molecule has 1 atom stereocenters. The number of ether oxygens (including phenoxy) is 1. The molecule has 10 heteroatoms. The van der Waals surface area contributed by atoms with Crippen molar-refractivity contribution in [2.75, 3.05) is 51.4 Å². The molecule has 1 fully saturated rings. The average molecular weight is 596 g/mol. The molecule has 1 N–H and O–H groups in total. The fourth-order valence-electron chi connectivity index (χ4n) is 4.90. The molecule has 3 aromatic carbocycles. The van der Waals surface area contributed by atoms with Crippen molar-refractivity contribution in [3.63, 3.8) is 0 Å². The molecule has 43 heavy (non-hydrogen) atoms. The molecular formula is C33H36F3N3O4. The zero-order chi connectivity index (χ0) is 30.8. The van der Waals surface area contributed by atoms with Gasteiger partial charge in [-0.3, -0.25) is 9.59 Å². The Bertz CT molecular complexity index is 1360. The summed E-state index contributed by atoms with van der Waals surface area (Å²) < 4.78 is 44.4. The number of likely N-dealkylation sites (N-methyl/N-ethyl adjacent to an activating group) is 1. The lowest BCUT2D eigenvalue weighted by atomic mass is 10.0. The van der Waals surface area contributed by atoms with Crippen LogP contribution in [0, 0.1) is 0 Å². The molecule has 1 heterocycles. The highest BCUT2D eigenvalue weighted by molar-refractivity contribution is 5.95. The van der Waals surface area contributed by atoms with Crippen molar-refractivity contribution in [3.8, 4) is 0 Å². The van der Waals surface area contributed by atoms with Gasteiger partial charge in [0.05, 0.1) is 25.4 Å². The summed E-state index contributed by atoms with van der Waals surface area (Å²) in [6, 6.07) is 20.8. The second kappa shape index (κ2) is 14.8. The average Bonchev–Trinajstić information content (AvgIpc) is 3.02. The predicted octanol–water partition coefficient (Wildman–Crippen LogP) is 4.65. The van der Waals surface area contributed by atoms with Crippen molar-refractivity contribution < 1.29 is 32.6 Å². The Morgan fingerprint density at radius 2 is 1.60 bits per heavy atom. The first-order valence-electron chi connectivity index (χ1n) is 14.1. The molecule has 0 spiro atoms. The molecule has 3 aromatic rings. The quantitative estimate of drug-likeness (QED) is 0.327. The standard InChI is InChI=1S/C33H36F3N3O4/c1-37(17-20-40)32(42)30(23-26-5-3-2-4-6-26)39(24-27-9-14-29(15-10-27)38-18-21-43-22-19-38)31(41)16-11-25-7-12-28(13-8-25)33(34,35)36/h2-16,30,40H,17-24H2,1H3. The lowest BCUT2D eigenvalue weighted by molar-refractivity contribution is -0.143. The number of halogens is 3. The zero-order valence-electron chi connectivity index (χ0n) is 24.0. The lowest BCUT2D eigenvalue weighted by Gasteiger charge is -2.33. The Kier molecular flexibility index (Phi) is 11.0. The number of anilines is 1. The Morgan fingerprint density at radius 1 is 0.953 bits per heavy atom. The van der Waals surface area contributed by atoms with E-state index < -0.39 is 23.7 Å². The molecular weight excluding hydrogens is 559 g/mol. The molecule has 1 aliphatic heterocycles. The number of aliphatic hydroxyl groups excluding tert-OH is 1. The van der Waals surface area contributed by atoms with Crippen LogP contribution in [0.1, 0.15) is 22.3 Å². The topological polar surface area (TPSA) is 73.3 Å². The van der Waals surface area contributed by atoms with E-state index in [4.69, 9.17) is 4.74 Å². The number of alkyl halides is 3. The Hall–Kier alpha value is -4.15. The maximum Gasteiger partial charge on any atom is 0.416 e. The molecule has 228 valence electrons. The molecule has 7 nitrogen and oxygen atoms in total. The van der Waals surface area contributed by atoms with Crippen molar-refractivity contribution in [2.45, 2.75) is 25.2 Å². The van der Waals surface area contributed by atoms with Crippen molar-refractivity contribution in [1.29, 1.82) is 0 Å². The summed E-state index contributed by atoms with van der Waals surface area (Å²) in [5, 5.41) is 9.49. The first kappa shape index (κ1) is 31.8. The van der Waals surface area contributed by atoms with E-state index in [-0.39, 0.29) is 32.0 Å². The molecule has 1 aliphatic rings. The molecule has 4 rings (SSSR count). The Labute approximate surface area is 249 Å². The van der Waals surface area contributed by atoms with E-state index in [0.29, 0.717) is 18.8 Å². The van der Waals surface area contributed by atoms with Crippen LogP contribution < -0.4 is 4.90 Å². The van der Waals surface area contributed by atoms with Gasteiger partial charge in [0.25, 0.3) is 0 Å². The fraction of sp³-hybridized carbons (Fsp3) is 0.333. The van der Waals surface area contributed by atoms with Gasteiger partial charge in [0.1, 0.15) is 6.04 Å². The van der Waals surface area contributed by atoms with E-state index in [1.54, 1.807) is 7.05 Å². The van der Waals surface area contributed by atoms with E-state index >= 15 is 0 Å². The SMILES string of the molecule is CN(CCO)C(=O)C(Cc1ccccc1)N(Cc1ccc(N2CCOCC2)cc1)C(=O)C=Cc1ccc(C(F)(F)F)cc1. The third-order valence-electron chi connectivity index (χ3n) is 7.35. The fourth-order valence-corrected chi connectivity index (χ4v) is 4.90. The van der Waals surface area contributed by atoms with Gasteiger partial charge in [-0.15, -0.1) is 0 Å². The number of hydrogen-bond donors (Lipinski definition) is 1. The number of morpholine rings is 1. The number of aliphatic hydroxyl groups is 1. The van der Waals surface area contributed by atoms with Gasteiger partial charge in [-0.1, -0.05) is 54.6 Å². The zero-order valence-corrected chi connectivity index (χ0v) is 24.0. The smallest absolute Gasteiger partial charge is 0.395 e. The number of benzene rings is 3. The minimum absolute atomic E-state index is 0.0990. The third kappa shape index (κ3) is 8.92. The number of amides is 2. The molecule has 1 unspecified atom stereocenters. The summed E-state index contributed by atoms with van der Waals surface area (Å²) in [5.41, 5.74) is 2.33. The third-order valence-corrected chi connectivity index (χ3v) is 7.35. The van der Waals surface area contributed by atoms with Crippen LogP contribution in [0.15, 0.2) is 84.9 Å². The maximum atomic E-state index is 13.8. The van der Waals surface area contributed by atoms with Gasteiger partial charge >= 0.3 is 6.18 Å². The molecule has 2 amide bonds. The molecule has 0 aliphatic carbocycles. The largest absolute Gasteiger partial charge is 0.416 e. The monoisotopic (exact) mass is 595 g/mol. The summed E-state index contributed by atoms with van der Waals surface area (Å²) in [4.78, 5) is 32.6. The van der Waals surface area contributed by atoms with E-state index in [0.717, 1.165) is 42.0 Å². The first-order valence-corrected chi connectivity index (χ1v) is 14.1. The van der Waals surface area contributed by atoms with Crippen LogP contribution in [0.25, 0.3) is 6.08 Å². The number of rotatable bonds is 11. The second-order valence-corrected chi connectivity index (χ2v) is 10.4. The van der Waals surface area contributed by atoms with E-state index in [9.17, 15) is 27.9 Å². The molecule has 0 bridgehead atoms. The van der Waals surface area contributed by atoms with Gasteiger partial charge in [-0.05, 0) is 47.0 Å². The molecule has 0 radical (unpaired) electrons.